The zero-order valence-electron chi connectivity index (χ0n) is 24.2. The molecule has 10 heteroatoms. The van der Waals surface area contributed by atoms with Crippen LogP contribution in [0, 0.1) is 22.2 Å². The minimum atomic E-state index is -1.02. The number of nitrogens with one attached hydrogen (secondary N) is 2. The molecule has 0 aromatic heterocycles. The quantitative estimate of drug-likeness (QED) is 0.217. The van der Waals surface area contributed by atoms with Crippen molar-refractivity contribution in [2.75, 3.05) is 26.4 Å². The molecule has 222 valence electrons. The van der Waals surface area contributed by atoms with Crippen LogP contribution in [0.15, 0.2) is 42.5 Å². The van der Waals surface area contributed by atoms with Crippen LogP contribution in [-0.2, 0) is 4.74 Å². The van der Waals surface area contributed by atoms with E-state index in [2.05, 4.69) is 44.4 Å². The lowest BCUT2D eigenvalue weighted by atomic mass is 9.49. The molecule has 0 spiro atoms. The van der Waals surface area contributed by atoms with Gasteiger partial charge in [0, 0.05) is 48.3 Å². The van der Waals surface area contributed by atoms with E-state index in [0.717, 1.165) is 19.3 Å². The molecule has 0 saturated heterocycles. The molecule has 41 heavy (non-hydrogen) atoms. The molecule has 0 unspecified atom stereocenters. The fraction of sp³-hybridized carbons (Fsp3) is 0.516. The molecule has 1 saturated carbocycles. The van der Waals surface area contributed by atoms with Gasteiger partial charge in [0.1, 0.15) is 23.7 Å². The van der Waals surface area contributed by atoms with E-state index in [9.17, 15) is 9.59 Å². The predicted octanol–water partition coefficient (Wildman–Crippen LogP) is 6.05. The van der Waals surface area contributed by atoms with E-state index in [1.807, 2.05) is 0 Å². The van der Waals surface area contributed by atoms with Gasteiger partial charge in [0.15, 0.2) is 0 Å². The van der Waals surface area contributed by atoms with Gasteiger partial charge in [0.05, 0.1) is 17.2 Å². The number of carbonyl (C=O) groups is 2. The van der Waals surface area contributed by atoms with Gasteiger partial charge >= 0.3 is 6.09 Å². The van der Waals surface area contributed by atoms with Gasteiger partial charge in [-0.15, -0.1) is 0 Å². The summed E-state index contributed by atoms with van der Waals surface area (Å²) in [5, 5.41) is 23.5. The first-order chi connectivity index (χ1) is 19.5. The summed E-state index contributed by atoms with van der Waals surface area (Å²) in [5.41, 5.74) is 0.273. The predicted molar refractivity (Wildman–Crippen MR) is 157 cm³/mol. The first-order valence-electron chi connectivity index (χ1n) is 13.9. The Morgan fingerprint density at radius 3 is 2.22 bits per heavy atom. The number of nitriles is 1. The molecular formula is C31H40ClN3O6. The van der Waals surface area contributed by atoms with Gasteiger partial charge in [-0.25, -0.2) is 4.79 Å². The minimum Gasteiger partial charge on any atom is -0.494 e. The monoisotopic (exact) mass is 585 g/mol. The standard InChI is InChI=1S/C31H40ClN3O6/c1-30(2)27(31(3,4)28(30)41-24-14-11-22(20-33)25(32)19-24)35-26(36)21-9-12-23(13-10-21)40-18-7-5-6-16-39-17-8-15-34-29(37)38/h9-14,19,27-28,34H,5-8,15-18H2,1-4H3,(H,35,36)(H,37,38)/t27-,28-. The van der Waals surface area contributed by atoms with Gasteiger partial charge in [-0.2, -0.15) is 5.26 Å². The van der Waals surface area contributed by atoms with Crippen molar-refractivity contribution in [2.45, 2.75) is 65.5 Å². The number of ether oxygens (including phenoxy) is 3. The van der Waals surface area contributed by atoms with Crippen molar-refractivity contribution < 1.29 is 28.9 Å². The van der Waals surface area contributed by atoms with Gasteiger partial charge in [0.25, 0.3) is 5.91 Å². The summed E-state index contributed by atoms with van der Waals surface area (Å²) in [5.74, 6) is 1.15. The van der Waals surface area contributed by atoms with Crippen LogP contribution in [0.2, 0.25) is 5.02 Å². The third-order valence-electron chi connectivity index (χ3n) is 7.49. The lowest BCUT2D eigenvalue weighted by molar-refractivity contribution is -0.164. The molecule has 1 fully saturated rings. The van der Waals surface area contributed by atoms with Crippen molar-refractivity contribution in [1.82, 2.24) is 10.6 Å². The number of nitrogens with zero attached hydrogens (tertiary/aromatic N) is 1. The van der Waals surface area contributed by atoms with E-state index in [0.29, 0.717) is 60.4 Å². The van der Waals surface area contributed by atoms with Crippen LogP contribution in [0.3, 0.4) is 0 Å². The van der Waals surface area contributed by atoms with E-state index in [1.165, 1.54) is 0 Å². The number of hydrogen-bond donors (Lipinski definition) is 3. The Balaban J connectivity index is 1.40. The van der Waals surface area contributed by atoms with Crippen molar-refractivity contribution in [3.63, 3.8) is 0 Å². The molecular weight excluding hydrogens is 546 g/mol. The van der Waals surface area contributed by atoms with Gasteiger partial charge in [-0.3, -0.25) is 4.79 Å². The largest absolute Gasteiger partial charge is 0.494 e. The molecule has 2 amide bonds. The Bertz CT molecular complexity index is 1210. The van der Waals surface area contributed by atoms with Crippen LogP contribution in [0.4, 0.5) is 4.79 Å². The number of benzene rings is 2. The highest BCUT2D eigenvalue weighted by Gasteiger charge is 2.64. The van der Waals surface area contributed by atoms with Crippen molar-refractivity contribution in [2.24, 2.45) is 10.8 Å². The summed E-state index contributed by atoms with van der Waals surface area (Å²) in [7, 11) is 0. The lowest BCUT2D eigenvalue weighted by Crippen LogP contribution is -2.74. The molecule has 9 nitrogen and oxygen atoms in total. The third-order valence-corrected chi connectivity index (χ3v) is 7.80. The molecule has 2 aromatic carbocycles. The molecule has 3 rings (SSSR count). The highest BCUT2D eigenvalue weighted by molar-refractivity contribution is 6.31. The zero-order chi connectivity index (χ0) is 30.0. The van der Waals surface area contributed by atoms with Crippen LogP contribution in [0.1, 0.15) is 69.3 Å². The molecule has 1 aliphatic rings. The number of amides is 2. The summed E-state index contributed by atoms with van der Waals surface area (Å²) in [6, 6.07) is 14.1. The number of rotatable bonds is 15. The van der Waals surface area contributed by atoms with E-state index in [-0.39, 0.29) is 28.9 Å². The molecule has 0 bridgehead atoms. The van der Waals surface area contributed by atoms with Crippen molar-refractivity contribution in [3.8, 4) is 17.6 Å². The maximum absolute atomic E-state index is 13.1. The Hall–Kier alpha value is -3.48. The van der Waals surface area contributed by atoms with Gasteiger partial charge < -0.3 is 30.0 Å². The second kappa shape index (κ2) is 14.4. The summed E-state index contributed by atoms with van der Waals surface area (Å²) < 4.78 is 17.6. The molecule has 0 heterocycles. The zero-order valence-corrected chi connectivity index (χ0v) is 24.9. The second-order valence-corrected chi connectivity index (χ2v) is 11.8. The maximum Gasteiger partial charge on any atom is 0.404 e. The number of hydrogen-bond acceptors (Lipinski definition) is 6. The average molecular weight is 586 g/mol. The number of carboxylic acid groups (broad SMARTS) is 1. The van der Waals surface area contributed by atoms with E-state index >= 15 is 0 Å². The van der Waals surface area contributed by atoms with Gasteiger partial charge in [-0.05, 0) is 62.1 Å². The maximum atomic E-state index is 13.1. The van der Waals surface area contributed by atoms with E-state index < -0.39 is 6.09 Å². The number of unbranched alkanes of at least 4 members (excludes halogenated alkanes) is 2. The smallest absolute Gasteiger partial charge is 0.404 e. The van der Waals surface area contributed by atoms with Crippen LogP contribution >= 0.6 is 11.6 Å². The first kappa shape index (κ1) is 32.0. The Kier molecular flexibility index (Phi) is 11.3. The van der Waals surface area contributed by atoms with Crippen LogP contribution < -0.4 is 20.1 Å². The van der Waals surface area contributed by atoms with Crippen molar-refractivity contribution in [1.29, 1.82) is 5.26 Å². The summed E-state index contributed by atoms with van der Waals surface area (Å²) >= 11 is 6.18. The van der Waals surface area contributed by atoms with Crippen LogP contribution in [0.5, 0.6) is 11.5 Å². The van der Waals surface area contributed by atoms with Gasteiger partial charge in [0.2, 0.25) is 0 Å². The Morgan fingerprint density at radius 2 is 1.59 bits per heavy atom. The second-order valence-electron chi connectivity index (χ2n) is 11.4. The molecule has 0 atom stereocenters. The average Bonchev–Trinajstić information content (AvgIpc) is 2.93. The summed E-state index contributed by atoms with van der Waals surface area (Å²) in [6.07, 6.45) is 2.23. The molecule has 1 aliphatic carbocycles. The fourth-order valence-electron chi connectivity index (χ4n) is 5.66. The normalized spacial score (nSPS) is 18.4. The Morgan fingerprint density at radius 1 is 0.951 bits per heavy atom. The summed E-state index contributed by atoms with van der Waals surface area (Å²) in [4.78, 5) is 23.5. The fourth-order valence-corrected chi connectivity index (χ4v) is 5.87. The SMILES string of the molecule is CC1(C)[C@H](NC(=O)c2ccc(OCCCCCOCCCNC(=O)O)cc2)C(C)(C)[C@H]1Oc1ccc(C#N)c(Cl)c1. The van der Waals surface area contributed by atoms with Gasteiger partial charge in [-0.1, -0.05) is 39.3 Å². The molecule has 0 aliphatic heterocycles. The van der Waals surface area contributed by atoms with Crippen LogP contribution in [-0.4, -0.2) is 55.6 Å². The Labute approximate surface area is 247 Å². The summed E-state index contributed by atoms with van der Waals surface area (Å²) in [6.45, 7) is 10.4. The first-order valence-corrected chi connectivity index (χ1v) is 14.3. The van der Waals surface area contributed by atoms with Crippen molar-refractivity contribution in [3.05, 3.63) is 58.6 Å². The topological polar surface area (TPSA) is 130 Å². The third kappa shape index (κ3) is 8.51. The molecule has 3 N–H and O–H groups in total. The minimum absolute atomic E-state index is 0.123. The van der Waals surface area contributed by atoms with Crippen LogP contribution in [0.25, 0.3) is 0 Å². The van der Waals surface area contributed by atoms with E-state index in [1.54, 1.807) is 42.5 Å². The highest BCUT2D eigenvalue weighted by atomic mass is 35.5. The molecule has 2 aromatic rings. The number of halogens is 1. The van der Waals surface area contributed by atoms with E-state index in [4.69, 9.17) is 36.2 Å². The molecule has 0 radical (unpaired) electrons. The van der Waals surface area contributed by atoms with Crippen molar-refractivity contribution >= 4 is 23.6 Å². The number of carbonyl (C=O) groups excluding carboxylic acids is 1. The lowest BCUT2D eigenvalue weighted by Gasteiger charge is -2.63. The highest BCUT2D eigenvalue weighted by Crippen LogP contribution is 2.55.